The van der Waals surface area contributed by atoms with Gasteiger partial charge in [0.2, 0.25) is 0 Å². The van der Waals surface area contributed by atoms with E-state index in [9.17, 15) is 0 Å². The van der Waals surface area contributed by atoms with Gasteiger partial charge in [-0.1, -0.05) is 23.2 Å². The zero-order valence-corrected chi connectivity index (χ0v) is 10.0. The number of aromatic nitrogens is 2. The predicted octanol–water partition coefficient (Wildman–Crippen LogP) is 2.68. The molecule has 84 valence electrons. The second kappa shape index (κ2) is 4.87. The highest BCUT2D eigenvalue weighted by Crippen LogP contribution is 2.25. The predicted molar refractivity (Wildman–Crippen MR) is 66.3 cm³/mol. The highest BCUT2D eigenvalue weighted by Gasteiger charge is 2.07. The minimum atomic E-state index is 0.558. The molecule has 0 spiro atoms. The number of hydrogen-bond donors (Lipinski definition) is 1. The van der Waals surface area contributed by atoms with Crippen molar-refractivity contribution in [2.24, 2.45) is 5.73 Å². The minimum absolute atomic E-state index is 0.558. The molecule has 1 aromatic carbocycles. The van der Waals surface area contributed by atoms with Gasteiger partial charge in [-0.05, 0) is 24.7 Å². The number of halogens is 2. The number of nitrogens with two attached hydrogens (primary N) is 1. The van der Waals surface area contributed by atoms with Crippen LogP contribution in [0.25, 0.3) is 5.69 Å². The molecular formula is C11H11Cl2N3. The molecule has 0 amide bonds. The minimum Gasteiger partial charge on any atom is -0.330 e. The smallest absolute Gasteiger partial charge is 0.114 e. The second-order valence-electron chi connectivity index (χ2n) is 3.35. The fourth-order valence-electron chi connectivity index (χ4n) is 1.54. The van der Waals surface area contributed by atoms with E-state index in [4.69, 9.17) is 28.9 Å². The van der Waals surface area contributed by atoms with Crippen LogP contribution in [0.5, 0.6) is 0 Å². The van der Waals surface area contributed by atoms with Crippen molar-refractivity contribution in [2.75, 3.05) is 6.54 Å². The van der Waals surface area contributed by atoms with Gasteiger partial charge in [-0.25, -0.2) is 4.98 Å². The van der Waals surface area contributed by atoms with Crippen molar-refractivity contribution in [2.45, 2.75) is 6.42 Å². The van der Waals surface area contributed by atoms with E-state index in [0.29, 0.717) is 23.0 Å². The maximum absolute atomic E-state index is 6.13. The first-order valence-corrected chi connectivity index (χ1v) is 5.65. The van der Waals surface area contributed by atoms with Crippen LogP contribution in [-0.4, -0.2) is 16.1 Å². The summed E-state index contributed by atoms with van der Waals surface area (Å²) in [7, 11) is 0. The molecule has 0 aliphatic rings. The van der Waals surface area contributed by atoms with Gasteiger partial charge in [0.15, 0.2) is 0 Å². The Hall–Kier alpha value is -1.03. The second-order valence-corrected chi connectivity index (χ2v) is 4.19. The summed E-state index contributed by atoms with van der Waals surface area (Å²) >= 11 is 12.0. The van der Waals surface area contributed by atoms with Gasteiger partial charge < -0.3 is 10.3 Å². The van der Waals surface area contributed by atoms with E-state index < -0.39 is 0 Å². The van der Waals surface area contributed by atoms with Gasteiger partial charge in [0, 0.05) is 23.8 Å². The van der Waals surface area contributed by atoms with Crippen LogP contribution in [0.2, 0.25) is 10.0 Å². The van der Waals surface area contributed by atoms with Gasteiger partial charge in [0.05, 0.1) is 10.7 Å². The molecule has 16 heavy (non-hydrogen) atoms. The van der Waals surface area contributed by atoms with Crippen LogP contribution in [0.4, 0.5) is 0 Å². The molecule has 5 heteroatoms. The molecule has 1 heterocycles. The van der Waals surface area contributed by atoms with Crippen LogP contribution >= 0.6 is 23.2 Å². The van der Waals surface area contributed by atoms with Crippen molar-refractivity contribution < 1.29 is 0 Å². The van der Waals surface area contributed by atoms with E-state index >= 15 is 0 Å². The molecule has 2 rings (SSSR count). The lowest BCUT2D eigenvalue weighted by Crippen LogP contribution is -2.08. The SMILES string of the molecule is NCCc1nccn1-c1ccc(Cl)cc1Cl. The largest absolute Gasteiger partial charge is 0.330 e. The zero-order valence-electron chi connectivity index (χ0n) is 8.53. The molecule has 0 bridgehead atoms. The molecule has 2 N–H and O–H groups in total. The quantitative estimate of drug-likeness (QED) is 0.917. The Morgan fingerprint density at radius 1 is 1.31 bits per heavy atom. The maximum Gasteiger partial charge on any atom is 0.114 e. The first-order chi connectivity index (χ1) is 7.72. The fourth-order valence-corrected chi connectivity index (χ4v) is 2.04. The van der Waals surface area contributed by atoms with Crippen molar-refractivity contribution >= 4 is 23.2 Å². The molecule has 1 aromatic heterocycles. The molecular weight excluding hydrogens is 245 g/mol. The Morgan fingerprint density at radius 2 is 2.12 bits per heavy atom. The molecule has 0 atom stereocenters. The summed E-state index contributed by atoms with van der Waals surface area (Å²) in [5.74, 6) is 0.895. The van der Waals surface area contributed by atoms with Crippen molar-refractivity contribution in [3.8, 4) is 5.69 Å². The van der Waals surface area contributed by atoms with E-state index in [1.54, 1.807) is 18.3 Å². The third kappa shape index (κ3) is 2.21. The summed E-state index contributed by atoms with van der Waals surface area (Å²) in [6.45, 7) is 0.558. The number of hydrogen-bond acceptors (Lipinski definition) is 2. The van der Waals surface area contributed by atoms with Gasteiger partial charge in [0.25, 0.3) is 0 Å². The lowest BCUT2D eigenvalue weighted by molar-refractivity contribution is 0.837. The Bertz CT molecular complexity index is 494. The standard InChI is InChI=1S/C11H11Cl2N3/c12-8-1-2-10(9(13)7-8)16-6-5-15-11(16)3-4-14/h1-2,5-7H,3-4,14H2. The lowest BCUT2D eigenvalue weighted by Gasteiger charge is -2.09. The normalized spacial score (nSPS) is 10.7. The molecule has 2 aromatic rings. The van der Waals surface area contributed by atoms with E-state index in [2.05, 4.69) is 4.98 Å². The topological polar surface area (TPSA) is 43.8 Å². The summed E-state index contributed by atoms with van der Waals surface area (Å²) in [6.07, 6.45) is 4.31. The Kier molecular flexibility index (Phi) is 3.49. The first-order valence-electron chi connectivity index (χ1n) is 4.90. The van der Waals surface area contributed by atoms with Gasteiger partial charge in [-0.15, -0.1) is 0 Å². The average molecular weight is 256 g/mol. The van der Waals surface area contributed by atoms with Gasteiger partial charge in [-0.3, -0.25) is 0 Å². The Morgan fingerprint density at radius 3 is 2.81 bits per heavy atom. The van der Waals surface area contributed by atoms with Crippen molar-refractivity contribution in [3.63, 3.8) is 0 Å². The average Bonchev–Trinajstić information content (AvgIpc) is 2.67. The summed E-state index contributed by atoms with van der Waals surface area (Å²) in [4.78, 5) is 4.24. The van der Waals surface area contributed by atoms with Crippen LogP contribution < -0.4 is 5.73 Å². The maximum atomic E-state index is 6.13. The zero-order chi connectivity index (χ0) is 11.5. The van der Waals surface area contributed by atoms with Gasteiger partial charge >= 0.3 is 0 Å². The number of benzene rings is 1. The van der Waals surface area contributed by atoms with E-state index in [1.807, 2.05) is 16.8 Å². The number of rotatable bonds is 3. The molecule has 0 saturated heterocycles. The van der Waals surface area contributed by atoms with E-state index in [0.717, 1.165) is 11.5 Å². The monoisotopic (exact) mass is 255 g/mol. The Balaban J connectivity index is 2.46. The molecule has 0 aliphatic heterocycles. The van der Waals surface area contributed by atoms with Crippen LogP contribution in [0.3, 0.4) is 0 Å². The summed E-state index contributed by atoms with van der Waals surface area (Å²) < 4.78 is 1.92. The third-order valence-corrected chi connectivity index (χ3v) is 2.79. The van der Waals surface area contributed by atoms with Gasteiger partial charge in [-0.2, -0.15) is 0 Å². The summed E-state index contributed by atoms with van der Waals surface area (Å²) in [6, 6.07) is 5.38. The first kappa shape index (κ1) is 11.5. The van der Waals surface area contributed by atoms with Crippen LogP contribution in [-0.2, 0) is 6.42 Å². The van der Waals surface area contributed by atoms with Crippen LogP contribution in [0.15, 0.2) is 30.6 Å². The molecule has 0 unspecified atom stereocenters. The Labute approximate surface area is 104 Å². The van der Waals surface area contributed by atoms with Crippen molar-refractivity contribution in [1.29, 1.82) is 0 Å². The van der Waals surface area contributed by atoms with E-state index in [-0.39, 0.29) is 0 Å². The van der Waals surface area contributed by atoms with Crippen LogP contribution in [0, 0.1) is 0 Å². The summed E-state index contributed by atoms with van der Waals surface area (Å²) in [5.41, 5.74) is 6.39. The third-order valence-electron chi connectivity index (χ3n) is 2.25. The highest BCUT2D eigenvalue weighted by atomic mass is 35.5. The molecule has 3 nitrogen and oxygen atoms in total. The van der Waals surface area contributed by atoms with E-state index in [1.165, 1.54) is 0 Å². The molecule has 0 aliphatic carbocycles. The van der Waals surface area contributed by atoms with Crippen LogP contribution in [0.1, 0.15) is 5.82 Å². The number of imidazole rings is 1. The highest BCUT2D eigenvalue weighted by molar-refractivity contribution is 6.35. The van der Waals surface area contributed by atoms with Crippen molar-refractivity contribution in [3.05, 3.63) is 46.5 Å². The lowest BCUT2D eigenvalue weighted by atomic mass is 10.3. The molecule has 0 saturated carbocycles. The summed E-state index contributed by atoms with van der Waals surface area (Å²) in [5, 5.41) is 1.22. The number of nitrogens with zero attached hydrogens (tertiary/aromatic N) is 2. The fraction of sp³-hybridized carbons (Fsp3) is 0.182. The molecule has 0 radical (unpaired) electrons. The van der Waals surface area contributed by atoms with Crippen molar-refractivity contribution in [1.82, 2.24) is 9.55 Å². The van der Waals surface area contributed by atoms with Gasteiger partial charge in [0.1, 0.15) is 5.82 Å². The molecule has 0 fully saturated rings.